The first-order valence-electron chi connectivity index (χ1n) is 15.1. The molecule has 0 spiro atoms. The predicted octanol–water partition coefficient (Wildman–Crippen LogP) is 12.4. The highest BCUT2D eigenvalue weighted by molar-refractivity contribution is 7.32. The van der Waals surface area contributed by atoms with Crippen molar-refractivity contribution in [1.82, 2.24) is 4.57 Å². The molecule has 0 fully saturated rings. The summed E-state index contributed by atoms with van der Waals surface area (Å²) in [6.45, 7) is 8.71. The first-order chi connectivity index (χ1) is 22.7. The Morgan fingerprint density at radius 1 is 0.426 bits per heavy atom. The molecule has 0 radical (unpaired) electrons. The lowest BCUT2D eigenvalue weighted by atomic mass is 10.0. The number of nitrogens with zero attached hydrogens (tertiary/aromatic N) is 1. The van der Waals surface area contributed by atoms with Gasteiger partial charge in [0.15, 0.2) is 0 Å². The van der Waals surface area contributed by atoms with Crippen molar-refractivity contribution in [2.75, 3.05) is 0 Å². The molecular formula is C38H25NO2S6. The molecule has 230 valence electrons. The standard InChI is InChI=1S/C38H25NO2S6/c1-18-10-11-27(42-18)30-15-23-20(3)34-24(21(4)33(23)45-30)16-31(46-34)28-12-13-29(44-28)32-17-26-36(47-32)35-25(14-19(2)43-35)37(40)39(38(26)41)22-8-6-5-7-9-22/h5-17H,1-4H3. The van der Waals surface area contributed by atoms with E-state index >= 15 is 0 Å². The Bertz CT molecular complexity index is 2780. The third-order valence-electron chi connectivity index (χ3n) is 8.70. The van der Waals surface area contributed by atoms with Crippen LogP contribution in [0.2, 0.25) is 0 Å². The van der Waals surface area contributed by atoms with Crippen LogP contribution < -0.4 is 11.1 Å². The van der Waals surface area contributed by atoms with Crippen molar-refractivity contribution in [3.8, 4) is 35.0 Å². The molecular weight excluding hydrogens is 695 g/mol. The van der Waals surface area contributed by atoms with Crippen molar-refractivity contribution < 1.29 is 0 Å². The van der Waals surface area contributed by atoms with Crippen LogP contribution in [0.1, 0.15) is 20.9 Å². The van der Waals surface area contributed by atoms with E-state index in [1.54, 1.807) is 34.0 Å². The van der Waals surface area contributed by atoms with Gasteiger partial charge in [0, 0.05) is 48.4 Å². The minimum Gasteiger partial charge on any atom is -0.268 e. The Balaban J connectivity index is 1.17. The molecule has 7 aromatic heterocycles. The summed E-state index contributed by atoms with van der Waals surface area (Å²) in [5, 5.41) is 3.87. The molecule has 7 heterocycles. The number of fused-ring (bicyclic) bond motifs is 5. The largest absolute Gasteiger partial charge is 0.268 e. The molecule has 0 bridgehead atoms. The molecule has 9 aromatic rings. The SMILES string of the molecule is Cc1ccc(-c2cc3c(C)c4sc(-c5ccc(-c6cc7c(=O)n(-c8ccccc8)c(=O)c8cc(C)sc8c7s6)s5)cc4c(C)c3s2)s1. The smallest absolute Gasteiger partial charge is 0.266 e. The van der Waals surface area contributed by atoms with Gasteiger partial charge in [0.2, 0.25) is 0 Å². The summed E-state index contributed by atoms with van der Waals surface area (Å²) in [6, 6.07) is 26.7. The van der Waals surface area contributed by atoms with Gasteiger partial charge in [-0.25, -0.2) is 4.57 Å². The summed E-state index contributed by atoms with van der Waals surface area (Å²) in [5.41, 5.74) is 2.75. The zero-order chi connectivity index (χ0) is 32.1. The number of para-hydroxylation sites is 1. The zero-order valence-electron chi connectivity index (χ0n) is 25.7. The maximum atomic E-state index is 14.0. The van der Waals surface area contributed by atoms with E-state index in [4.69, 9.17) is 0 Å². The van der Waals surface area contributed by atoms with Crippen molar-refractivity contribution in [3.05, 3.63) is 120 Å². The Morgan fingerprint density at radius 2 is 0.915 bits per heavy atom. The minimum absolute atomic E-state index is 0.267. The van der Waals surface area contributed by atoms with E-state index in [2.05, 4.69) is 57.2 Å². The molecule has 0 aliphatic carbocycles. The average molecular weight is 720 g/mol. The van der Waals surface area contributed by atoms with Crippen LogP contribution >= 0.6 is 68.0 Å². The lowest BCUT2D eigenvalue weighted by Crippen LogP contribution is -2.28. The molecule has 0 aliphatic heterocycles. The lowest BCUT2D eigenvalue weighted by molar-refractivity contribution is 0.976. The van der Waals surface area contributed by atoms with Crippen LogP contribution in [-0.2, 0) is 0 Å². The fourth-order valence-electron chi connectivity index (χ4n) is 6.38. The van der Waals surface area contributed by atoms with Crippen LogP contribution in [0.4, 0.5) is 0 Å². The maximum absolute atomic E-state index is 14.0. The molecule has 0 unspecified atom stereocenters. The van der Waals surface area contributed by atoms with Gasteiger partial charge < -0.3 is 0 Å². The van der Waals surface area contributed by atoms with Crippen molar-refractivity contribution in [2.24, 2.45) is 0 Å². The van der Waals surface area contributed by atoms with Gasteiger partial charge in [0.1, 0.15) is 0 Å². The molecule has 0 saturated carbocycles. The molecule has 3 nitrogen and oxygen atoms in total. The Hall–Kier alpha value is -3.70. The summed E-state index contributed by atoms with van der Waals surface area (Å²) in [6.07, 6.45) is 0. The first kappa shape index (κ1) is 29.4. The highest BCUT2D eigenvalue weighted by Gasteiger charge is 2.20. The van der Waals surface area contributed by atoms with E-state index in [0.717, 1.165) is 24.0 Å². The maximum Gasteiger partial charge on any atom is 0.266 e. The van der Waals surface area contributed by atoms with E-state index < -0.39 is 0 Å². The number of thiophene rings is 6. The quantitative estimate of drug-likeness (QED) is 0.182. The van der Waals surface area contributed by atoms with Gasteiger partial charge in [0.25, 0.3) is 11.1 Å². The molecule has 9 heteroatoms. The number of aromatic nitrogens is 1. The van der Waals surface area contributed by atoms with Crippen molar-refractivity contribution in [2.45, 2.75) is 27.7 Å². The molecule has 0 N–H and O–H groups in total. The minimum atomic E-state index is -0.274. The molecule has 9 rings (SSSR count). The third kappa shape index (κ3) is 4.59. The van der Waals surface area contributed by atoms with E-state index in [1.807, 2.05) is 83.4 Å². The summed E-state index contributed by atoms with van der Waals surface area (Å²) in [5.74, 6) is 0. The highest BCUT2D eigenvalue weighted by atomic mass is 32.1. The molecule has 0 amide bonds. The predicted molar refractivity (Wildman–Crippen MR) is 211 cm³/mol. The van der Waals surface area contributed by atoms with Crippen LogP contribution in [0.15, 0.2) is 88.5 Å². The molecule has 0 saturated heterocycles. The number of benzene rings is 2. The normalized spacial score (nSPS) is 12.0. The first-order valence-corrected chi connectivity index (χ1v) is 20.0. The third-order valence-corrected chi connectivity index (χ3v) is 16.2. The van der Waals surface area contributed by atoms with Gasteiger partial charge in [-0.05, 0) is 110 Å². The number of hydrogen-bond donors (Lipinski definition) is 0. The van der Waals surface area contributed by atoms with E-state index in [1.165, 1.54) is 60.3 Å². The number of hydrogen-bond acceptors (Lipinski definition) is 8. The van der Waals surface area contributed by atoms with Crippen LogP contribution in [0, 0.1) is 27.7 Å². The molecule has 0 atom stereocenters. The molecule has 2 aromatic carbocycles. The van der Waals surface area contributed by atoms with Gasteiger partial charge in [-0.15, -0.1) is 68.0 Å². The van der Waals surface area contributed by atoms with Crippen molar-refractivity contribution in [3.63, 3.8) is 0 Å². The van der Waals surface area contributed by atoms with Gasteiger partial charge >= 0.3 is 0 Å². The molecule has 47 heavy (non-hydrogen) atoms. The topological polar surface area (TPSA) is 39.1 Å². The van der Waals surface area contributed by atoms with Crippen LogP contribution in [0.25, 0.3) is 75.3 Å². The second-order valence-corrected chi connectivity index (χ2v) is 18.6. The zero-order valence-corrected chi connectivity index (χ0v) is 30.6. The molecule has 0 aliphatic rings. The number of aryl methyl sites for hydroxylation is 4. The monoisotopic (exact) mass is 719 g/mol. The fraction of sp³-hybridized carbons (Fsp3) is 0.105. The van der Waals surface area contributed by atoms with Gasteiger partial charge in [-0.2, -0.15) is 0 Å². The fourth-order valence-corrected chi connectivity index (χ4v) is 13.3. The van der Waals surface area contributed by atoms with Gasteiger partial charge in [-0.1, -0.05) is 18.2 Å². The lowest BCUT2D eigenvalue weighted by Gasteiger charge is -2.03. The van der Waals surface area contributed by atoms with Crippen LogP contribution in [0.3, 0.4) is 0 Å². The Kier molecular flexibility index (Phi) is 6.84. The summed E-state index contributed by atoms with van der Waals surface area (Å²) in [7, 11) is 0. The van der Waals surface area contributed by atoms with Gasteiger partial charge in [0.05, 0.1) is 25.9 Å². The summed E-state index contributed by atoms with van der Waals surface area (Å²) >= 11 is 10.6. The van der Waals surface area contributed by atoms with Gasteiger partial charge in [-0.3, -0.25) is 9.59 Å². The van der Waals surface area contributed by atoms with E-state index in [-0.39, 0.29) is 11.1 Å². The average Bonchev–Trinajstić information content (AvgIpc) is 3.90. The summed E-state index contributed by atoms with van der Waals surface area (Å²) < 4.78 is 5.83. The Labute approximate surface area is 293 Å². The number of rotatable bonds is 4. The van der Waals surface area contributed by atoms with Crippen molar-refractivity contribution in [1.29, 1.82) is 0 Å². The van der Waals surface area contributed by atoms with Crippen molar-refractivity contribution >= 4 is 108 Å². The Morgan fingerprint density at radius 3 is 1.49 bits per heavy atom. The second kappa shape index (κ2) is 10.9. The van der Waals surface area contributed by atoms with E-state index in [9.17, 15) is 9.59 Å². The van der Waals surface area contributed by atoms with Crippen LogP contribution in [-0.4, -0.2) is 4.57 Å². The summed E-state index contributed by atoms with van der Waals surface area (Å²) in [4.78, 5) is 37.5. The highest BCUT2D eigenvalue weighted by Crippen LogP contribution is 2.48. The second-order valence-electron chi connectivity index (χ2n) is 11.8. The van der Waals surface area contributed by atoms with E-state index in [0.29, 0.717) is 16.5 Å². The van der Waals surface area contributed by atoms with Crippen LogP contribution in [0.5, 0.6) is 0 Å².